The van der Waals surface area contributed by atoms with Crippen LogP contribution in [0.2, 0.25) is 0 Å². The Kier molecular flexibility index (Phi) is 3.93. The highest BCUT2D eigenvalue weighted by molar-refractivity contribution is 6.03. The van der Waals surface area contributed by atoms with Gasteiger partial charge in [0.05, 0.1) is 11.8 Å². The number of hydrazone groups is 1. The van der Waals surface area contributed by atoms with Crippen LogP contribution in [-0.2, 0) is 0 Å². The number of benzene rings is 3. The molecule has 0 aliphatic rings. The number of hydrogen-bond donors (Lipinski definition) is 3. The van der Waals surface area contributed by atoms with Gasteiger partial charge in [0.1, 0.15) is 11.5 Å². The molecule has 0 unspecified atom stereocenters. The lowest BCUT2D eigenvalue weighted by atomic mass is 10.0. The maximum absolute atomic E-state index is 12.0. The van der Waals surface area contributed by atoms with Crippen LogP contribution in [0.3, 0.4) is 0 Å². The Morgan fingerprint density at radius 3 is 2.48 bits per heavy atom. The van der Waals surface area contributed by atoms with Crippen LogP contribution in [0.4, 0.5) is 0 Å². The zero-order valence-corrected chi connectivity index (χ0v) is 12.1. The summed E-state index contributed by atoms with van der Waals surface area (Å²) in [4.78, 5) is 12.0. The lowest BCUT2D eigenvalue weighted by molar-refractivity contribution is 0.0952. The van der Waals surface area contributed by atoms with Gasteiger partial charge < -0.3 is 10.2 Å². The number of para-hydroxylation sites is 1. The van der Waals surface area contributed by atoms with Crippen molar-refractivity contribution < 1.29 is 15.0 Å². The minimum absolute atomic E-state index is 0.0734. The van der Waals surface area contributed by atoms with E-state index in [1.54, 1.807) is 18.2 Å². The van der Waals surface area contributed by atoms with E-state index < -0.39 is 5.91 Å². The van der Waals surface area contributed by atoms with Crippen molar-refractivity contribution >= 4 is 22.9 Å². The maximum Gasteiger partial charge on any atom is 0.275 e. The van der Waals surface area contributed by atoms with Gasteiger partial charge in [0.15, 0.2) is 0 Å². The van der Waals surface area contributed by atoms with E-state index in [1.807, 2.05) is 30.3 Å². The van der Waals surface area contributed by atoms with E-state index in [-0.39, 0.29) is 17.1 Å². The second-order valence-electron chi connectivity index (χ2n) is 4.94. The van der Waals surface area contributed by atoms with E-state index in [2.05, 4.69) is 10.5 Å². The number of fused-ring (bicyclic) bond motifs is 1. The van der Waals surface area contributed by atoms with E-state index in [1.165, 1.54) is 18.3 Å². The first-order chi connectivity index (χ1) is 11.2. The van der Waals surface area contributed by atoms with Gasteiger partial charge in [0.25, 0.3) is 5.91 Å². The molecule has 23 heavy (non-hydrogen) atoms. The fourth-order valence-electron chi connectivity index (χ4n) is 2.30. The fourth-order valence-corrected chi connectivity index (χ4v) is 2.30. The minimum Gasteiger partial charge on any atom is -0.507 e. The number of phenols is 2. The molecule has 0 atom stereocenters. The number of carbonyl (C=O) groups excluding carboxylic acids is 1. The van der Waals surface area contributed by atoms with Crippen molar-refractivity contribution in [1.29, 1.82) is 0 Å². The van der Waals surface area contributed by atoms with Gasteiger partial charge in [-0.1, -0.05) is 42.5 Å². The van der Waals surface area contributed by atoms with Gasteiger partial charge >= 0.3 is 0 Å². The van der Waals surface area contributed by atoms with Crippen LogP contribution in [0.1, 0.15) is 15.9 Å². The molecule has 0 aliphatic heterocycles. The number of carbonyl (C=O) groups is 1. The highest BCUT2D eigenvalue weighted by Crippen LogP contribution is 2.25. The number of hydrogen-bond acceptors (Lipinski definition) is 4. The summed E-state index contributed by atoms with van der Waals surface area (Å²) in [7, 11) is 0. The second-order valence-corrected chi connectivity index (χ2v) is 4.94. The molecule has 0 radical (unpaired) electrons. The van der Waals surface area contributed by atoms with Crippen molar-refractivity contribution in [3.8, 4) is 11.5 Å². The quantitative estimate of drug-likeness (QED) is 0.514. The zero-order valence-electron chi connectivity index (χ0n) is 12.1. The summed E-state index contributed by atoms with van der Waals surface area (Å²) < 4.78 is 0. The van der Waals surface area contributed by atoms with Crippen LogP contribution < -0.4 is 5.43 Å². The fraction of sp³-hybridized carbons (Fsp3) is 0. The summed E-state index contributed by atoms with van der Waals surface area (Å²) in [5.74, 6) is -0.573. The molecule has 0 fully saturated rings. The molecule has 0 saturated carbocycles. The van der Waals surface area contributed by atoms with Gasteiger partial charge in [-0.3, -0.25) is 4.79 Å². The molecule has 0 bridgehead atoms. The van der Waals surface area contributed by atoms with Gasteiger partial charge in [-0.25, -0.2) is 5.43 Å². The summed E-state index contributed by atoms with van der Waals surface area (Å²) >= 11 is 0. The molecule has 114 valence electrons. The highest BCUT2D eigenvalue weighted by Gasteiger charge is 2.09. The van der Waals surface area contributed by atoms with Crippen molar-refractivity contribution in [2.45, 2.75) is 0 Å². The predicted octanol–water partition coefficient (Wildman–Crippen LogP) is 3.01. The summed E-state index contributed by atoms with van der Waals surface area (Å²) in [6.07, 6.45) is 1.38. The minimum atomic E-state index is -0.529. The Balaban J connectivity index is 1.85. The van der Waals surface area contributed by atoms with Crippen LogP contribution in [0, 0.1) is 0 Å². The molecule has 0 spiro atoms. The molecule has 0 saturated heterocycles. The smallest absolute Gasteiger partial charge is 0.275 e. The number of amides is 1. The highest BCUT2D eigenvalue weighted by atomic mass is 16.3. The zero-order chi connectivity index (χ0) is 16.2. The Morgan fingerprint density at radius 1 is 0.913 bits per heavy atom. The van der Waals surface area contributed by atoms with Crippen LogP contribution in [0.25, 0.3) is 10.8 Å². The summed E-state index contributed by atoms with van der Waals surface area (Å²) in [6.45, 7) is 0. The number of nitrogens with zero attached hydrogens (tertiary/aromatic N) is 1. The normalized spacial score (nSPS) is 11.0. The first-order valence-electron chi connectivity index (χ1n) is 6.99. The number of aromatic hydroxyl groups is 2. The molecule has 3 N–H and O–H groups in total. The third-order valence-corrected chi connectivity index (χ3v) is 3.46. The topological polar surface area (TPSA) is 81.9 Å². The van der Waals surface area contributed by atoms with E-state index in [0.717, 1.165) is 10.8 Å². The van der Waals surface area contributed by atoms with Gasteiger partial charge in [-0.15, -0.1) is 0 Å². The van der Waals surface area contributed by atoms with E-state index in [4.69, 9.17) is 0 Å². The molecule has 1 amide bonds. The standard InChI is InChI=1S/C18H14N2O3/c21-16-8-4-3-7-14(16)18(23)20-19-11-15-13-6-2-1-5-12(13)9-10-17(15)22/h1-11,21-22H,(H,20,23)/b19-11-. The Bertz CT molecular complexity index is 904. The van der Waals surface area contributed by atoms with Gasteiger partial charge in [-0.2, -0.15) is 5.10 Å². The average Bonchev–Trinajstić information content (AvgIpc) is 2.57. The summed E-state index contributed by atoms with van der Waals surface area (Å²) in [5.41, 5.74) is 2.99. The number of phenolic OH excluding ortho intramolecular Hbond substituents is 2. The van der Waals surface area contributed by atoms with Crippen LogP contribution >= 0.6 is 0 Å². The number of nitrogens with one attached hydrogen (secondary N) is 1. The first kappa shape index (κ1) is 14.6. The van der Waals surface area contributed by atoms with E-state index >= 15 is 0 Å². The molecule has 0 aliphatic carbocycles. The Labute approximate surface area is 132 Å². The summed E-state index contributed by atoms with van der Waals surface area (Å²) in [5, 5.41) is 25.3. The van der Waals surface area contributed by atoms with Crippen molar-refractivity contribution in [2.75, 3.05) is 0 Å². The molecule has 3 aromatic rings. The van der Waals surface area contributed by atoms with Crippen LogP contribution in [0.5, 0.6) is 11.5 Å². The molecule has 0 heterocycles. The van der Waals surface area contributed by atoms with E-state index in [9.17, 15) is 15.0 Å². The molecule has 5 heteroatoms. The van der Waals surface area contributed by atoms with Crippen molar-refractivity contribution in [3.63, 3.8) is 0 Å². The van der Waals surface area contributed by atoms with Gasteiger partial charge in [0.2, 0.25) is 0 Å². The van der Waals surface area contributed by atoms with Gasteiger partial charge in [0, 0.05) is 5.56 Å². The lowest BCUT2D eigenvalue weighted by Gasteiger charge is -2.05. The Hall–Kier alpha value is -3.34. The molecule has 3 aromatic carbocycles. The lowest BCUT2D eigenvalue weighted by Crippen LogP contribution is -2.17. The van der Waals surface area contributed by atoms with Gasteiger partial charge in [-0.05, 0) is 29.0 Å². The van der Waals surface area contributed by atoms with Crippen LogP contribution in [-0.4, -0.2) is 22.3 Å². The molecule has 5 nitrogen and oxygen atoms in total. The summed E-state index contributed by atoms with van der Waals surface area (Å²) in [6, 6.07) is 17.1. The van der Waals surface area contributed by atoms with Crippen molar-refractivity contribution in [3.05, 3.63) is 71.8 Å². The molecule has 3 rings (SSSR count). The third kappa shape index (κ3) is 2.98. The number of rotatable bonds is 3. The molecular weight excluding hydrogens is 292 g/mol. The molecular formula is C18H14N2O3. The third-order valence-electron chi connectivity index (χ3n) is 3.46. The second kappa shape index (κ2) is 6.19. The maximum atomic E-state index is 12.0. The van der Waals surface area contributed by atoms with Crippen LogP contribution in [0.15, 0.2) is 65.8 Å². The predicted molar refractivity (Wildman–Crippen MR) is 88.8 cm³/mol. The largest absolute Gasteiger partial charge is 0.507 e. The van der Waals surface area contributed by atoms with E-state index in [0.29, 0.717) is 5.56 Å². The average molecular weight is 306 g/mol. The monoisotopic (exact) mass is 306 g/mol. The van der Waals surface area contributed by atoms with Crippen molar-refractivity contribution in [2.24, 2.45) is 5.10 Å². The first-order valence-corrected chi connectivity index (χ1v) is 6.99. The SMILES string of the molecule is O=C(N/N=C\c1c(O)ccc2ccccc12)c1ccccc1O. The molecule has 0 aromatic heterocycles. The Morgan fingerprint density at radius 2 is 1.65 bits per heavy atom. The van der Waals surface area contributed by atoms with Crippen molar-refractivity contribution in [1.82, 2.24) is 5.43 Å².